The summed E-state index contributed by atoms with van der Waals surface area (Å²) in [5.41, 5.74) is 6.59. The number of piperidine rings is 1. The zero-order valence-electron chi connectivity index (χ0n) is 11.4. The third-order valence-electron chi connectivity index (χ3n) is 4.09. The second-order valence-corrected chi connectivity index (χ2v) is 6.41. The lowest BCUT2D eigenvalue weighted by atomic mass is 9.79. The van der Waals surface area contributed by atoms with Crippen LogP contribution in [-0.2, 0) is 6.54 Å². The van der Waals surface area contributed by atoms with Crippen LogP contribution in [0.4, 0.5) is 4.39 Å². The molecule has 0 aromatic heterocycles. The molecule has 0 atom stereocenters. The highest BCUT2D eigenvalue weighted by atomic mass is 79.9. The van der Waals surface area contributed by atoms with Crippen molar-refractivity contribution in [3.8, 4) is 0 Å². The van der Waals surface area contributed by atoms with Crippen LogP contribution >= 0.6 is 15.9 Å². The van der Waals surface area contributed by atoms with E-state index in [1.54, 1.807) is 6.07 Å². The Kier molecular flexibility index (Phi) is 4.65. The van der Waals surface area contributed by atoms with Gasteiger partial charge < -0.3 is 10.9 Å². The molecular formula is C14H19BrFN3O. The number of likely N-dealkylation sites (tertiary alicyclic amines) is 1. The molecule has 1 heterocycles. The maximum absolute atomic E-state index is 13.1. The minimum Gasteiger partial charge on any atom is -0.409 e. The summed E-state index contributed by atoms with van der Waals surface area (Å²) in [4.78, 5) is 2.30. The Morgan fingerprint density at radius 3 is 2.70 bits per heavy atom. The number of benzene rings is 1. The first kappa shape index (κ1) is 15.3. The van der Waals surface area contributed by atoms with E-state index in [0.717, 1.165) is 42.5 Å². The highest BCUT2D eigenvalue weighted by Gasteiger charge is 2.34. The molecule has 3 N–H and O–H groups in total. The van der Waals surface area contributed by atoms with E-state index in [0.29, 0.717) is 5.84 Å². The molecule has 1 aromatic carbocycles. The van der Waals surface area contributed by atoms with Gasteiger partial charge in [-0.1, -0.05) is 34.1 Å². The number of oxime groups is 1. The molecule has 0 radical (unpaired) electrons. The topological polar surface area (TPSA) is 61.9 Å². The summed E-state index contributed by atoms with van der Waals surface area (Å²) in [7, 11) is 0. The van der Waals surface area contributed by atoms with Gasteiger partial charge >= 0.3 is 0 Å². The first-order valence-corrected chi connectivity index (χ1v) is 7.38. The minimum atomic E-state index is -0.237. The van der Waals surface area contributed by atoms with Crippen molar-refractivity contribution in [3.63, 3.8) is 0 Å². The van der Waals surface area contributed by atoms with Gasteiger partial charge in [0.25, 0.3) is 0 Å². The summed E-state index contributed by atoms with van der Waals surface area (Å²) in [6.07, 6.45) is 1.70. The lowest BCUT2D eigenvalue weighted by molar-refractivity contribution is 0.152. The molecule has 1 aromatic rings. The van der Waals surface area contributed by atoms with Crippen LogP contribution in [0, 0.1) is 11.2 Å². The molecule has 6 heteroatoms. The highest BCUT2D eigenvalue weighted by Crippen LogP contribution is 2.32. The van der Waals surface area contributed by atoms with Gasteiger partial charge in [-0.3, -0.25) is 4.90 Å². The molecule has 0 saturated carbocycles. The third kappa shape index (κ3) is 3.30. The fourth-order valence-corrected chi connectivity index (χ4v) is 2.95. The number of halogens is 2. The van der Waals surface area contributed by atoms with Crippen LogP contribution in [0.3, 0.4) is 0 Å². The Morgan fingerprint density at radius 2 is 2.15 bits per heavy atom. The summed E-state index contributed by atoms with van der Waals surface area (Å²) in [6, 6.07) is 4.77. The number of hydrogen-bond donors (Lipinski definition) is 2. The summed E-state index contributed by atoms with van der Waals surface area (Å²) >= 11 is 3.39. The molecule has 4 nitrogen and oxygen atoms in total. The maximum atomic E-state index is 13.1. The third-order valence-corrected chi connectivity index (χ3v) is 4.83. The predicted molar refractivity (Wildman–Crippen MR) is 80.1 cm³/mol. The van der Waals surface area contributed by atoms with E-state index in [1.807, 2.05) is 6.92 Å². The second-order valence-electron chi connectivity index (χ2n) is 5.56. The van der Waals surface area contributed by atoms with E-state index < -0.39 is 0 Å². The van der Waals surface area contributed by atoms with Crippen molar-refractivity contribution in [2.45, 2.75) is 26.3 Å². The van der Waals surface area contributed by atoms with Crippen LogP contribution in [0.15, 0.2) is 27.8 Å². The molecule has 2 rings (SSSR count). The van der Waals surface area contributed by atoms with Crippen LogP contribution < -0.4 is 5.73 Å². The van der Waals surface area contributed by atoms with Crippen molar-refractivity contribution in [1.29, 1.82) is 0 Å². The van der Waals surface area contributed by atoms with Crippen LogP contribution in [0.25, 0.3) is 0 Å². The summed E-state index contributed by atoms with van der Waals surface area (Å²) in [6.45, 7) is 4.54. The van der Waals surface area contributed by atoms with Crippen molar-refractivity contribution in [2.75, 3.05) is 13.1 Å². The van der Waals surface area contributed by atoms with Crippen molar-refractivity contribution in [2.24, 2.45) is 16.3 Å². The van der Waals surface area contributed by atoms with E-state index in [1.165, 1.54) is 12.1 Å². The van der Waals surface area contributed by atoms with Gasteiger partial charge in [-0.05, 0) is 43.6 Å². The van der Waals surface area contributed by atoms with Gasteiger partial charge in [0.1, 0.15) is 11.7 Å². The van der Waals surface area contributed by atoms with Gasteiger partial charge in [0.05, 0.1) is 0 Å². The standard InChI is InChI=1S/C14H19BrFN3O/c1-14(13(17)18-20)4-6-19(7-5-14)9-10-2-3-11(16)8-12(10)15/h2-3,8,20H,4-7,9H2,1H3,(H2,17,18). The number of nitrogens with zero attached hydrogens (tertiary/aromatic N) is 2. The predicted octanol–water partition coefficient (Wildman–Crippen LogP) is 2.94. The molecule has 110 valence electrons. The molecule has 0 bridgehead atoms. The van der Waals surface area contributed by atoms with Gasteiger partial charge in [0, 0.05) is 16.4 Å². The van der Waals surface area contributed by atoms with E-state index in [2.05, 4.69) is 26.0 Å². The van der Waals surface area contributed by atoms with Gasteiger partial charge in [0.2, 0.25) is 0 Å². The van der Waals surface area contributed by atoms with Gasteiger partial charge in [-0.25, -0.2) is 4.39 Å². The normalized spacial score (nSPS) is 20.1. The zero-order chi connectivity index (χ0) is 14.8. The molecule has 1 fully saturated rings. The average Bonchev–Trinajstić information content (AvgIpc) is 2.43. The lowest BCUT2D eigenvalue weighted by Crippen LogP contribution is -2.45. The highest BCUT2D eigenvalue weighted by molar-refractivity contribution is 9.10. The average molecular weight is 344 g/mol. The Labute approximate surface area is 126 Å². The monoisotopic (exact) mass is 343 g/mol. The van der Waals surface area contributed by atoms with E-state index in [4.69, 9.17) is 10.9 Å². The van der Waals surface area contributed by atoms with Crippen LogP contribution in [-0.4, -0.2) is 29.0 Å². The van der Waals surface area contributed by atoms with Crippen LogP contribution in [0.2, 0.25) is 0 Å². The van der Waals surface area contributed by atoms with Crippen molar-refractivity contribution in [1.82, 2.24) is 4.90 Å². The molecule has 1 saturated heterocycles. The summed E-state index contributed by atoms with van der Waals surface area (Å²) in [5, 5.41) is 12.0. The van der Waals surface area contributed by atoms with E-state index in [-0.39, 0.29) is 11.2 Å². The number of amidine groups is 1. The van der Waals surface area contributed by atoms with Gasteiger partial charge in [-0.15, -0.1) is 0 Å². The van der Waals surface area contributed by atoms with Gasteiger partial charge in [0.15, 0.2) is 0 Å². The SMILES string of the molecule is CC1(/C(N)=N/O)CCN(Cc2ccc(F)cc2Br)CC1. The van der Waals surface area contributed by atoms with Crippen molar-refractivity contribution < 1.29 is 9.60 Å². The van der Waals surface area contributed by atoms with Crippen molar-refractivity contribution >= 4 is 21.8 Å². The smallest absolute Gasteiger partial charge is 0.145 e. The fraction of sp³-hybridized carbons (Fsp3) is 0.500. The van der Waals surface area contributed by atoms with Gasteiger partial charge in [-0.2, -0.15) is 0 Å². The Morgan fingerprint density at radius 1 is 1.50 bits per heavy atom. The molecule has 0 unspecified atom stereocenters. The second kappa shape index (κ2) is 6.10. The molecule has 1 aliphatic heterocycles. The molecule has 20 heavy (non-hydrogen) atoms. The first-order chi connectivity index (χ1) is 9.44. The molecule has 0 amide bonds. The van der Waals surface area contributed by atoms with Crippen LogP contribution in [0.5, 0.6) is 0 Å². The van der Waals surface area contributed by atoms with Crippen LogP contribution in [0.1, 0.15) is 25.3 Å². The Hall–Kier alpha value is -1.14. The minimum absolute atomic E-state index is 0.231. The number of hydrogen-bond acceptors (Lipinski definition) is 3. The van der Waals surface area contributed by atoms with E-state index >= 15 is 0 Å². The lowest BCUT2D eigenvalue weighted by Gasteiger charge is -2.38. The molecule has 1 aliphatic rings. The zero-order valence-corrected chi connectivity index (χ0v) is 13.0. The Balaban J connectivity index is 1.98. The molecule has 0 aliphatic carbocycles. The number of rotatable bonds is 3. The fourth-order valence-electron chi connectivity index (χ4n) is 2.47. The maximum Gasteiger partial charge on any atom is 0.145 e. The largest absolute Gasteiger partial charge is 0.409 e. The quantitative estimate of drug-likeness (QED) is 0.384. The van der Waals surface area contributed by atoms with E-state index in [9.17, 15) is 4.39 Å². The molecular weight excluding hydrogens is 325 g/mol. The molecule has 0 spiro atoms. The van der Waals surface area contributed by atoms with Crippen molar-refractivity contribution in [3.05, 3.63) is 34.1 Å². The Bertz CT molecular complexity index is 513. The number of nitrogens with two attached hydrogens (primary N) is 1. The summed E-state index contributed by atoms with van der Waals surface area (Å²) < 4.78 is 13.9. The summed E-state index contributed by atoms with van der Waals surface area (Å²) in [5.74, 6) is 0.0684. The first-order valence-electron chi connectivity index (χ1n) is 6.59.